The third-order valence-corrected chi connectivity index (χ3v) is 4.63. The third kappa shape index (κ3) is 4.81. The number of benzene rings is 1. The predicted octanol–water partition coefficient (Wildman–Crippen LogP) is 0.207. The number of phenols is 1. The first-order valence-corrected chi connectivity index (χ1v) is 8.45. The van der Waals surface area contributed by atoms with Gasteiger partial charge in [-0.2, -0.15) is 0 Å². The van der Waals surface area contributed by atoms with Crippen LogP contribution in [-0.4, -0.2) is 91.7 Å². The van der Waals surface area contributed by atoms with Crippen molar-refractivity contribution in [2.75, 3.05) is 70.5 Å². The molecule has 0 aliphatic carbocycles. The molecule has 6 nitrogen and oxygen atoms in total. The topological polar surface area (TPSA) is 59.4 Å². The van der Waals surface area contributed by atoms with Gasteiger partial charge in [0.2, 0.25) is 0 Å². The summed E-state index contributed by atoms with van der Waals surface area (Å²) >= 11 is 0. The Hall–Kier alpha value is -1.34. The largest absolute Gasteiger partial charge is 0.508 e. The number of piperazine rings is 1. The van der Waals surface area contributed by atoms with E-state index >= 15 is 0 Å². The van der Waals surface area contributed by atoms with Crippen LogP contribution in [0.3, 0.4) is 0 Å². The van der Waals surface area contributed by atoms with Gasteiger partial charge in [0.1, 0.15) is 5.75 Å². The summed E-state index contributed by atoms with van der Waals surface area (Å²) in [5.41, 5.74) is 1.15. The van der Waals surface area contributed by atoms with Gasteiger partial charge in [-0.3, -0.25) is 9.80 Å². The van der Waals surface area contributed by atoms with E-state index in [0.29, 0.717) is 5.75 Å². The molecule has 128 valence electrons. The van der Waals surface area contributed by atoms with Gasteiger partial charge in [-0.25, -0.2) is 0 Å². The molecule has 0 radical (unpaired) electrons. The van der Waals surface area contributed by atoms with Crippen LogP contribution in [0.15, 0.2) is 24.3 Å². The second kappa shape index (κ2) is 7.97. The Balaban J connectivity index is 1.40. The van der Waals surface area contributed by atoms with Crippen molar-refractivity contribution < 1.29 is 14.9 Å². The minimum atomic E-state index is -0.298. The summed E-state index contributed by atoms with van der Waals surface area (Å²) < 4.78 is 5.34. The molecule has 2 N–H and O–H groups in total. The average Bonchev–Trinajstić information content (AvgIpc) is 2.57. The Labute approximate surface area is 137 Å². The van der Waals surface area contributed by atoms with Crippen LogP contribution in [0.5, 0.6) is 5.75 Å². The van der Waals surface area contributed by atoms with Crippen LogP contribution in [0.25, 0.3) is 0 Å². The Bertz CT molecular complexity index is 468. The lowest BCUT2D eigenvalue weighted by molar-refractivity contribution is 0.00656. The molecule has 2 fully saturated rings. The number of hydrogen-bond acceptors (Lipinski definition) is 6. The maximum Gasteiger partial charge on any atom is 0.115 e. The van der Waals surface area contributed by atoms with Crippen LogP contribution < -0.4 is 4.90 Å². The molecule has 0 aromatic heterocycles. The standard InChI is InChI=1S/C17H27N3O3/c21-16-3-1-15(2-4-16)20-7-5-18(6-8-20)13-17(22)14-19-9-11-23-12-10-19/h1-4,17,21-22H,5-14H2. The molecule has 3 rings (SSSR count). The van der Waals surface area contributed by atoms with Gasteiger partial charge in [0, 0.05) is 58.0 Å². The number of rotatable bonds is 5. The van der Waals surface area contributed by atoms with E-state index in [1.807, 2.05) is 12.1 Å². The lowest BCUT2D eigenvalue weighted by Crippen LogP contribution is -2.50. The Morgan fingerprint density at radius 3 is 2.04 bits per heavy atom. The summed E-state index contributed by atoms with van der Waals surface area (Å²) in [5, 5.41) is 19.7. The second-order valence-corrected chi connectivity index (χ2v) is 6.37. The number of anilines is 1. The Morgan fingerprint density at radius 1 is 0.870 bits per heavy atom. The summed E-state index contributed by atoms with van der Waals surface area (Å²) in [5.74, 6) is 0.304. The number of hydrogen-bond donors (Lipinski definition) is 2. The van der Waals surface area contributed by atoms with Crippen molar-refractivity contribution in [2.45, 2.75) is 6.10 Å². The fourth-order valence-electron chi connectivity index (χ4n) is 3.29. The molecule has 2 aliphatic heterocycles. The molecule has 2 aliphatic rings. The quantitative estimate of drug-likeness (QED) is 0.808. The zero-order valence-corrected chi connectivity index (χ0v) is 13.6. The molecule has 23 heavy (non-hydrogen) atoms. The number of morpholine rings is 1. The third-order valence-electron chi connectivity index (χ3n) is 4.63. The minimum Gasteiger partial charge on any atom is -0.508 e. The van der Waals surface area contributed by atoms with Crippen molar-refractivity contribution in [1.82, 2.24) is 9.80 Å². The van der Waals surface area contributed by atoms with Crippen molar-refractivity contribution in [1.29, 1.82) is 0 Å². The summed E-state index contributed by atoms with van der Waals surface area (Å²) in [6.07, 6.45) is -0.298. The van der Waals surface area contributed by atoms with Gasteiger partial charge in [0.05, 0.1) is 19.3 Å². The van der Waals surface area contributed by atoms with E-state index in [4.69, 9.17) is 4.74 Å². The molecule has 1 unspecified atom stereocenters. The first-order chi connectivity index (χ1) is 11.2. The summed E-state index contributed by atoms with van der Waals surface area (Å²) in [6.45, 7) is 8.70. The lowest BCUT2D eigenvalue weighted by Gasteiger charge is -2.37. The fourth-order valence-corrected chi connectivity index (χ4v) is 3.29. The van der Waals surface area contributed by atoms with Crippen LogP contribution >= 0.6 is 0 Å². The highest BCUT2D eigenvalue weighted by molar-refractivity contribution is 5.49. The number of nitrogens with zero attached hydrogens (tertiary/aromatic N) is 3. The molecule has 6 heteroatoms. The van der Waals surface area contributed by atoms with E-state index in [1.165, 1.54) is 0 Å². The van der Waals surface area contributed by atoms with Gasteiger partial charge in [0.15, 0.2) is 0 Å². The van der Waals surface area contributed by atoms with Crippen LogP contribution in [0.4, 0.5) is 5.69 Å². The molecule has 1 aromatic carbocycles. The lowest BCUT2D eigenvalue weighted by atomic mass is 10.2. The number of aromatic hydroxyl groups is 1. The van der Waals surface area contributed by atoms with Gasteiger partial charge in [-0.1, -0.05) is 0 Å². The molecular weight excluding hydrogens is 294 g/mol. The normalized spacial score (nSPS) is 22.2. The molecule has 2 heterocycles. The molecular formula is C17H27N3O3. The maximum atomic E-state index is 10.3. The smallest absolute Gasteiger partial charge is 0.115 e. The highest BCUT2D eigenvalue weighted by Crippen LogP contribution is 2.19. The van der Waals surface area contributed by atoms with E-state index in [9.17, 15) is 10.2 Å². The fraction of sp³-hybridized carbons (Fsp3) is 0.647. The molecule has 0 amide bonds. The highest BCUT2D eigenvalue weighted by Gasteiger charge is 2.21. The molecule has 1 aromatic rings. The van der Waals surface area contributed by atoms with Crippen LogP contribution in [0.1, 0.15) is 0 Å². The van der Waals surface area contributed by atoms with E-state index in [-0.39, 0.29) is 6.10 Å². The molecule has 2 saturated heterocycles. The Morgan fingerprint density at radius 2 is 1.43 bits per heavy atom. The number of aliphatic hydroxyl groups excluding tert-OH is 1. The minimum absolute atomic E-state index is 0.298. The van der Waals surface area contributed by atoms with Gasteiger partial charge in [-0.15, -0.1) is 0 Å². The predicted molar refractivity (Wildman–Crippen MR) is 90.0 cm³/mol. The first-order valence-electron chi connectivity index (χ1n) is 8.45. The molecule has 1 atom stereocenters. The molecule has 0 saturated carbocycles. The van der Waals surface area contributed by atoms with E-state index in [2.05, 4.69) is 14.7 Å². The van der Waals surface area contributed by atoms with E-state index in [1.54, 1.807) is 12.1 Å². The number of aliphatic hydroxyl groups is 1. The van der Waals surface area contributed by atoms with E-state index in [0.717, 1.165) is 71.3 Å². The van der Waals surface area contributed by atoms with Gasteiger partial charge < -0.3 is 19.8 Å². The second-order valence-electron chi connectivity index (χ2n) is 6.37. The number of phenolic OH excluding ortho intramolecular Hbond substituents is 1. The van der Waals surface area contributed by atoms with Gasteiger partial charge in [0.25, 0.3) is 0 Å². The van der Waals surface area contributed by atoms with Crippen LogP contribution in [-0.2, 0) is 4.74 Å². The number of β-amino-alcohol motifs (C(OH)–C–C–N with tert-alkyl or cyclic N) is 1. The van der Waals surface area contributed by atoms with Crippen molar-refractivity contribution in [2.24, 2.45) is 0 Å². The zero-order valence-electron chi connectivity index (χ0n) is 13.6. The van der Waals surface area contributed by atoms with Gasteiger partial charge in [-0.05, 0) is 24.3 Å². The van der Waals surface area contributed by atoms with Crippen molar-refractivity contribution in [3.8, 4) is 5.75 Å². The summed E-state index contributed by atoms with van der Waals surface area (Å²) in [4.78, 5) is 6.94. The van der Waals surface area contributed by atoms with E-state index < -0.39 is 0 Å². The van der Waals surface area contributed by atoms with Crippen molar-refractivity contribution in [3.05, 3.63) is 24.3 Å². The molecule has 0 spiro atoms. The average molecular weight is 321 g/mol. The van der Waals surface area contributed by atoms with Crippen LogP contribution in [0, 0.1) is 0 Å². The Kier molecular flexibility index (Phi) is 5.72. The highest BCUT2D eigenvalue weighted by atomic mass is 16.5. The SMILES string of the molecule is Oc1ccc(N2CCN(CC(O)CN3CCOCC3)CC2)cc1. The summed E-state index contributed by atoms with van der Waals surface area (Å²) in [7, 11) is 0. The van der Waals surface area contributed by atoms with Gasteiger partial charge >= 0.3 is 0 Å². The van der Waals surface area contributed by atoms with Crippen molar-refractivity contribution >= 4 is 5.69 Å². The zero-order chi connectivity index (χ0) is 16.1. The molecule has 0 bridgehead atoms. The van der Waals surface area contributed by atoms with Crippen molar-refractivity contribution in [3.63, 3.8) is 0 Å². The maximum absolute atomic E-state index is 10.3. The summed E-state index contributed by atoms with van der Waals surface area (Å²) in [6, 6.07) is 7.37. The number of ether oxygens (including phenoxy) is 1. The first kappa shape index (κ1) is 16.5. The monoisotopic (exact) mass is 321 g/mol. The van der Waals surface area contributed by atoms with Crippen LogP contribution in [0.2, 0.25) is 0 Å².